The van der Waals surface area contributed by atoms with Crippen molar-refractivity contribution in [3.63, 3.8) is 0 Å². The van der Waals surface area contributed by atoms with Gasteiger partial charge in [0.2, 0.25) is 16.9 Å². The molecule has 4 aromatic rings. The minimum Gasteiger partial charge on any atom is -0.338 e. The minimum atomic E-state index is -0.0697. The molecule has 3 aromatic heterocycles. The highest BCUT2D eigenvalue weighted by Gasteiger charge is 2.20. The van der Waals surface area contributed by atoms with Crippen LogP contribution in [0.15, 0.2) is 57.5 Å². The predicted octanol–water partition coefficient (Wildman–Crippen LogP) is 3.63. The molecule has 0 aliphatic heterocycles. The largest absolute Gasteiger partial charge is 0.338 e. The van der Waals surface area contributed by atoms with Crippen molar-refractivity contribution in [3.05, 3.63) is 53.7 Å². The van der Waals surface area contributed by atoms with E-state index in [0.717, 1.165) is 10.6 Å². The highest BCUT2D eigenvalue weighted by Crippen LogP contribution is 2.34. The third-order valence-corrected chi connectivity index (χ3v) is 5.14. The Balaban J connectivity index is 1.55. The van der Waals surface area contributed by atoms with Gasteiger partial charge in [-0.1, -0.05) is 41.2 Å². The first-order chi connectivity index (χ1) is 11.8. The molecule has 0 spiro atoms. The molecule has 4 rings (SSSR count). The van der Waals surface area contributed by atoms with Crippen molar-refractivity contribution in [2.45, 2.75) is 17.3 Å². The van der Waals surface area contributed by atoms with Gasteiger partial charge in [-0.2, -0.15) is 9.67 Å². The fourth-order valence-corrected chi connectivity index (χ4v) is 3.59. The molecule has 0 aliphatic rings. The molecule has 120 valence electrons. The fourth-order valence-electron chi connectivity index (χ4n) is 2.10. The molecular weight excluding hydrogens is 344 g/mol. The Morgan fingerprint density at radius 3 is 2.83 bits per heavy atom. The van der Waals surface area contributed by atoms with Crippen LogP contribution in [0.2, 0.25) is 0 Å². The van der Waals surface area contributed by atoms with Crippen molar-refractivity contribution in [1.82, 2.24) is 30.3 Å². The van der Waals surface area contributed by atoms with Crippen LogP contribution in [0.4, 0.5) is 0 Å². The zero-order chi connectivity index (χ0) is 16.4. The maximum absolute atomic E-state index is 5.39. The van der Waals surface area contributed by atoms with Gasteiger partial charge >= 0.3 is 0 Å². The second-order valence-corrected chi connectivity index (χ2v) is 7.16. The maximum atomic E-state index is 5.39. The van der Waals surface area contributed by atoms with Crippen molar-refractivity contribution in [3.8, 4) is 16.4 Å². The smallest absolute Gasteiger partial charge is 0.240 e. The minimum absolute atomic E-state index is 0.0697. The quantitative estimate of drug-likeness (QED) is 0.505. The zero-order valence-electron chi connectivity index (χ0n) is 12.6. The normalized spacial score (nSPS) is 12.4. The summed E-state index contributed by atoms with van der Waals surface area (Å²) in [6.07, 6.45) is 0. The Kier molecular flexibility index (Phi) is 4.09. The monoisotopic (exact) mass is 356 g/mol. The molecule has 0 aliphatic carbocycles. The molecule has 0 bridgehead atoms. The molecule has 24 heavy (non-hydrogen) atoms. The summed E-state index contributed by atoms with van der Waals surface area (Å²) in [6.45, 7) is 1.99. The number of thioether (sulfide) groups is 1. The van der Waals surface area contributed by atoms with E-state index in [2.05, 4.69) is 25.7 Å². The number of tetrazole rings is 1. The Morgan fingerprint density at radius 2 is 2.04 bits per heavy atom. The number of nitrogens with zero attached hydrogens (tertiary/aromatic N) is 6. The average Bonchev–Trinajstić information content (AvgIpc) is 3.36. The molecule has 9 heteroatoms. The van der Waals surface area contributed by atoms with Gasteiger partial charge in [-0.05, 0) is 40.9 Å². The van der Waals surface area contributed by atoms with Gasteiger partial charge < -0.3 is 4.52 Å². The third kappa shape index (κ3) is 2.95. The molecule has 1 atom stereocenters. The lowest BCUT2D eigenvalue weighted by Crippen LogP contribution is -2.00. The van der Waals surface area contributed by atoms with Crippen molar-refractivity contribution in [1.29, 1.82) is 0 Å². The first kappa shape index (κ1) is 15.0. The lowest BCUT2D eigenvalue weighted by molar-refractivity contribution is 0.380. The van der Waals surface area contributed by atoms with Gasteiger partial charge in [0.05, 0.1) is 15.8 Å². The van der Waals surface area contributed by atoms with Gasteiger partial charge in [-0.3, -0.25) is 0 Å². The summed E-state index contributed by atoms with van der Waals surface area (Å²) in [5, 5.41) is 18.5. The second kappa shape index (κ2) is 6.54. The number of aromatic nitrogens is 6. The summed E-state index contributed by atoms with van der Waals surface area (Å²) in [7, 11) is 0. The van der Waals surface area contributed by atoms with E-state index in [1.165, 1.54) is 11.8 Å². The van der Waals surface area contributed by atoms with E-state index < -0.39 is 0 Å². The number of hydrogen-bond acceptors (Lipinski definition) is 8. The zero-order valence-corrected chi connectivity index (χ0v) is 14.2. The number of rotatable bonds is 5. The van der Waals surface area contributed by atoms with E-state index in [0.29, 0.717) is 16.9 Å². The summed E-state index contributed by atoms with van der Waals surface area (Å²) in [6, 6.07) is 13.7. The average molecular weight is 356 g/mol. The van der Waals surface area contributed by atoms with Gasteiger partial charge in [-0.15, -0.1) is 16.4 Å². The molecule has 0 saturated heterocycles. The van der Waals surface area contributed by atoms with Crippen molar-refractivity contribution < 1.29 is 4.52 Å². The summed E-state index contributed by atoms with van der Waals surface area (Å²) in [5.74, 6) is 1.15. The second-order valence-electron chi connectivity index (χ2n) is 4.90. The lowest BCUT2D eigenvalue weighted by Gasteiger charge is -2.06. The highest BCUT2D eigenvalue weighted by molar-refractivity contribution is 7.99. The van der Waals surface area contributed by atoms with Gasteiger partial charge in [0, 0.05) is 0 Å². The summed E-state index contributed by atoms with van der Waals surface area (Å²) in [4.78, 5) is 5.45. The van der Waals surface area contributed by atoms with Crippen molar-refractivity contribution >= 4 is 23.1 Å². The van der Waals surface area contributed by atoms with Gasteiger partial charge in [-0.25, -0.2) is 0 Å². The molecule has 0 fully saturated rings. The van der Waals surface area contributed by atoms with Gasteiger partial charge in [0.25, 0.3) is 0 Å². The van der Waals surface area contributed by atoms with Crippen LogP contribution >= 0.6 is 23.1 Å². The molecule has 7 nitrogen and oxygen atoms in total. The lowest BCUT2D eigenvalue weighted by atomic mass is 10.3. The topological polar surface area (TPSA) is 82.5 Å². The Morgan fingerprint density at radius 1 is 1.17 bits per heavy atom. The van der Waals surface area contributed by atoms with Crippen LogP contribution in [0, 0.1) is 0 Å². The first-order valence-electron chi connectivity index (χ1n) is 7.19. The van der Waals surface area contributed by atoms with E-state index in [9.17, 15) is 0 Å². The molecule has 0 amide bonds. The Bertz CT molecular complexity index is 919. The van der Waals surface area contributed by atoms with E-state index >= 15 is 0 Å². The SMILES string of the molecule is CC(Sc1nnnn1-c1ccccc1)c1nc(-c2cccs2)no1. The fraction of sp³-hybridized carbons (Fsp3) is 0.133. The molecule has 0 saturated carbocycles. The number of para-hydroxylation sites is 1. The van der Waals surface area contributed by atoms with Crippen molar-refractivity contribution in [2.24, 2.45) is 0 Å². The predicted molar refractivity (Wildman–Crippen MR) is 91.0 cm³/mol. The van der Waals surface area contributed by atoms with Gasteiger partial charge in [0.15, 0.2) is 0 Å². The van der Waals surface area contributed by atoms with Crippen LogP contribution in [-0.4, -0.2) is 30.3 Å². The standard InChI is InChI=1S/C15H12N6OS2/c1-10(14-16-13(18-22-14)12-8-5-9-23-12)24-15-17-19-20-21(15)11-6-3-2-4-7-11/h2-10H,1H3. The van der Waals surface area contributed by atoms with Crippen LogP contribution in [-0.2, 0) is 0 Å². The molecule has 0 N–H and O–H groups in total. The molecule has 1 unspecified atom stereocenters. The summed E-state index contributed by atoms with van der Waals surface area (Å²) in [5.41, 5.74) is 0.905. The maximum Gasteiger partial charge on any atom is 0.240 e. The van der Waals surface area contributed by atoms with Crippen LogP contribution in [0.3, 0.4) is 0 Å². The van der Waals surface area contributed by atoms with Crippen molar-refractivity contribution in [2.75, 3.05) is 0 Å². The van der Waals surface area contributed by atoms with Crippen LogP contribution in [0.1, 0.15) is 18.1 Å². The molecule has 0 radical (unpaired) electrons. The van der Waals surface area contributed by atoms with Crippen LogP contribution in [0.5, 0.6) is 0 Å². The first-order valence-corrected chi connectivity index (χ1v) is 8.95. The Labute approximate surface area is 145 Å². The van der Waals surface area contributed by atoms with E-state index in [-0.39, 0.29) is 5.25 Å². The summed E-state index contributed by atoms with van der Waals surface area (Å²) < 4.78 is 7.08. The van der Waals surface area contributed by atoms with E-state index in [1.54, 1.807) is 16.0 Å². The van der Waals surface area contributed by atoms with Crippen LogP contribution in [0.25, 0.3) is 16.4 Å². The molecule has 1 aromatic carbocycles. The number of hydrogen-bond donors (Lipinski definition) is 0. The van der Waals surface area contributed by atoms with Crippen LogP contribution < -0.4 is 0 Å². The third-order valence-electron chi connectivity index (χ3n) is 3.25. The summed E-state index contributed by atoms with van der Waals surface area (Å²) >= 11 is 3.05. The molecule has 3 heterocycles. The highest BCUT2D eigenvalue weighted by atomic mass is 32.2. The van der Waals surface area contributed by atoms with Gasteiger partial charge in [0.1, 0.15) is 0 Å². The van der Waals surface area contributed by atoms with E-state index in [1.807, 2.05) is 54.8 Å². The Hall–Kier alpha value is -2.52. The van der Waals surface area contributed by atoms with E-state index in [4.69, 9.17) is 4.52 Å². The molecular formula is C15H12N6OS2. The number of benzene rings is 1. The number of thiophene rings is 1.